The van der Waals surface area contributed by atoms with Gasteiger partial charge in [-0.2, -0.15) is 4.98 Å². The molecule has 0 aliphatic heterocycles. The van der Waals surface area contributed by atoms with E-state index in [1.54, 1.807) is 6.20 Å². The van der Waals surface area contributed by atoms with E-state index in [4.69, 9.17) is 18.0 Å². The lowest BCUT2D eigenvalue weighted by Crippen LogP contribution is -2.32. The lowest BCUT2D eigenvalue weighted by Gasteiger charge is -2.22. The van der Waals surface area contributed by atoms with Gasteiger partial charge in [-0.3, -0.25) is 0 Å². The zero-order valence-corrected chi connectivity index (χ0v) is 11.5. The fourth-order valence-corrected chi connectivity index (χ4v) is 1.44. The molecule has 0 fully saturated rings. The summed E-state index contributed by atoms with van der Waals surface area (Å²) < 4.78 is 0. The van der Waals surface area contributed by atoms with E-state index in [9.17, 15) is 0 Å². The first-order chi connectivity index (χ1) is 7.91. The van der Waals surface area contributed by atoms with Gasteiger partial charge < -0.3 is 15.5 Å². The van der Waals surface area contributed by atoms with Crippen molar-refractivity contribution in [1.29, 1.82) is 0 Å². The van der Waals surface area contributed by atoms with Crippen LogP contribution in [0.1, 0.15) is 6.92 Å². The summed E-state index contributed by atoms with van der Waals surface area (Å²) in [4.78, 5) is 13.0. The summed E-state index contributed by atoms with van der Waals surface area (Å²) in [5, 5.41) is 0. The Morgan fingerprint density at radius 2 is 2.12 bits per heavy atom. The van der Waals surface area contributed by atoms with Crippen LogP contribution in [0.25, 0.3) is 0 Å². The highest BCUT2D eigenvalue weighted by Gasteiger charge is 2.11. The minimum Gasteiger partial charge on any atom is -0.393 e. The van der Waals surface area contributed by atoms with E-state index >= 15 is 0 Å². The molecule has 5 nitrogen and oxygen atoms in total. The van der Waals surface area contributed by atoms with Gasteiger partial charge in [-0.1, -0.05) is 19.1 Å². The fraction of sp³-hybridized carbons (Fsp3) is 0.545. The molecule has 1 heterocycles. The lowest BCUT2D eigenvalue weighted by atomic mass is 10.2. The van der Waals surface area contributed by atoms with E-state index in [-0.39, 0.29) is 5.92 Å². The third kappa shape index (κ3) is 3.81. The predicted molar refractivity (Wildman–Crippen MR) is 75.6 cm³/mol. The maximum Gasteiger partial charge on any atom is 0.226 e. The first-order valence-corrected chi connectivity index (χ1v) is 5.83. The first kappa shape index (κ1) is 13.6. The minimum atomic E-state index is 0.160. The molecule has 1 rings (SSSR count). The molecule has 6 heteroatoms. The van der Waals surface area contributed by atoms with Crippen LogP contribution in [0, 0.1) is 5.92 Å². The second-order valence-electron chi connectivity index (χ2n) is 4.29. The molecule has 2 N–H and O–H groups in total. The summed E-state index contributed by atoms with van der Waals surface area (Å²) in [6.07, 6.45) is 1.75. The SMILES string of the molecule is CC(CN(C)c1ccnc(N(C)C)n1)C(N)=S. The van der Waals surface area contributed by atoms with Crippen molar-refractivity contribution in [2.45, 2.75) is 6.92 Å². The first-order valence-electron chi connectivity index (χ1n) is 5.42. The summed E-state index contributed by atoms with van der Waals surface area (Å²) >= 11 is 4.96. The van der Waals surface area contributed by atoms with E-state index in [0.717, 1.165) is 12.4 Å². The Morgan fingerprint density at radius 1 is 1.47 bits per heavy atom. The summed E-state index contributed by atoms with van der Waals surface area (Å²) in [6.45, 7) is 2.76. The minimum absolute atomic E-state index is 0.160. The summed E-state index contributed by atoms with van der Waals surface area (Å²) in [5.74, 6) is 1.72. The average molecular weight is 253 g/mol. The van der Waals surface area contributed by atoms with Crippen molar-refractivity contribution in [1.82, 2.24) is 9.97 Å². The van der Waals surface area contributed by atoms with Crippen LogP contribution in [0.4, 0.5) is 11.8 Å². The molecule has 0 saturated carbocycles. The number of nitrogens with zero attached hydrogens (tertiary/aromatic N) is 4. The lowest BCUT2D eigenvalue weighted by molar-refractivity contribution is 0.733. The average Bonchev–Trinajstić information content (AvgIpc) is 2.28. The predicted octanol–water partition coefficient (Wildman–Crippen LogP) is 0.901. The Bertz CT molecular complexity index is 393. The van der Waals surface area contributed by atoms with Crippen molar-refractivity contribution in [3.05, 3.63) is 12.3 Å². The molecule has 0 bridgehead atoms. The Morgan fingerprint density at radius 3 is 2.65 bits per heavy atom. The fourth-order valence-electron chi connectivity index (χ4n) is 1.36. The van der Waals surface area contributed by atoms with Crippen LogP contribution >= 0.6 is 12.2 Å². The van der Waals surface area contributed by atoms with Crippen molar-refractivity contribution in [3.8, 4) is 0 Å². The molecule has 0 radical (unpaired) electrons. The van der Waals surface area contributed by atoms with E-state index in [0.29, 0.717) is 10.9 Å². The molecule has 0 aliphatic carbocycles. The third-order valence-electron chi connectivity index (χ3n) is 2.45. The largest absolute Gasteiger partial charge is 0.393 e. The Hall–Kier alpha value is -1.43. The number of nitrogens with two attached hydrogens (primary N) is 1. The van der Waals surface area contributed by atoms with Crippen LogP contribution in [0.2, 0.25) is 0 Å². The van der Waals surface area contributed by atoms with Gasteiger partial charge in [0.15, 0.2) is 0 Å². The van der Waals surface area contributed by atoms with Gasteiger partial charge in [0.05, 0.1) is 4.99 Å². The molecule has 94 valence electrons. The maximum absolute atomic E-state index is 5.60. The molecule has 0 amide bonds. The Balaban J connectivity index is 2.78. The third-order valence-corrected chi connectivity index (χ3v) is 2.86. The topological polar surface area (TPSA) is 58.3 Å². The van der Waals surface area contributed by atoms with Gasteiger partial charge in [0, 0.05) is 39.8 Å². The van der Waals surface area contributed by atoms with Crippen LogP contribution in [-0.4, -0.2) is 42.6 Å². The van der Waals surface area contributed by atoms with Crippen molar-refractivity contribution in [3.63, 3.8) is 0 Å². The van der Waals surface area contributed by atoms with Crippen molar-refractivity contribution in [2.24, 2.45) is 11.7 Å². The number of aromatic nitrogens is 2. The molecule has 0 spiro atoms. The number of thiocarbonyl (C=S) groups is 1. The summed E-state index contributed by atoms with van der Waals surface area (Å²) in [5.41, 5.74) is 5.60. The highest BCUT2D eigenvalue weighted by Crippen LogP contribution is 2.13. The zero-order chi connectivity index (χ0) is 13.0. The zero-order valence-electron chi connectivity index (χ0n) is 10.7. The monoisotopic (exact) mass is 253 g/mol. The van der Waals surface area contributed by atoms with Gasteiger partial charge in [0.25, 0.3) is 0 Å². The van der Waals surface area contributed by atoms with E-state index in [1.165, 1.54) is 0 Å². The van der Waals surface area contributed by atoms with Gasteiger partial charge >= 0.3 is 0 Å². The summed E-state index contributed by atoms with van der Waals surface area (Å²) in [7, 11) is 5.80. The van der Waals surface area contributed by atoms with Crippen LogP contribution in [0.3, 0.4) is 0 Å². The normalized spacial score (nSPS) is 12.0. The van der Waals surface area contributed by atoms with Gasteiger partial charge in [-0.15, -0.1) is 0 Å². The highest BCUT2D eigenvalue weighted by atomic mass is 32.1. The maximum atomic E-state index is 5.60. The second kappa shape index (κ2) is 5.77. The molecule has 1 unspecified atom stereocenters. The highest BCUT2D eigenvalue weighted by molar-refractivity contribution is 7.80. The molecule has 17 heavy (non-hydrogen) atoms. The molecule has 1 atom stereocenters. The number of anilines is 2. The molecule has 1 aromatic heterocycles. The van der Waals surface area contributed by atoms with Crippen molar-refractivity contribution < 1.29 is 0 Å². The van der Waals surface area contributed by atoms with Gasteiger partial charge in [-0.25, -0.2) is 4.98 Å². The van der Waals surface area contributed by atoms with Crippen LogP contribution in [0.15, 0.2) is 12.3 Å². The second-order valence-corrected chi connectivity index (χ2v) is 4.76. The Labute approximate surface area is 108 Å². The summed E-state index contributed by atoms with van der Waals surface area (Å²) in [6, 6.07) is 1.87. The van der Waals surface area contributed by atoms with Crippen LogP contribution < -0.4 is 15.5 Å². The number of rotatable bonds is 5. The van der Waals surface area contributed by atoms with Gasteiger partial charge in [-0.05, 0) is 6.07 Å². The van der Waals surface area contributed by atoms with E-state index in [1.807, 2.05) is 43.9 Å². The molecule has 0 saturated heterocycles. The molecule has 1 aromatic rings. The van der Waals surface area contributed by atoms with Crippen LogP contribution in [-0.2, 0) is 0 Å². The standard InChI is InChI=1S/C11H19N5S/c1-8(10(12)17)7-16(4)9-5-6-13-11(14-9)15(2)3/h5-6,8H,7H2,1-4H3,(H2,12,17). The van der Waals surface area contributed by atoms with Gasteiger partial charge in [0.1, 0.15) is 5.82 Å². The smallest absolute Gasteiger partial charge is 0.226 e. The van der Waals surface area contributed by atoms with E-state index < -0.39 is 0 Å². The molecule has 0 aliphatic rings. The molecule has 0 aromatic carbocycles. The van der Waals surface area contributed by atoms with Crippen LogP contribution in [0.5, 0.6) is 0 Å². The number of hydrogen-bond donors (Lipinski definition) is 1. The molecular weight excluding hydrogens is 234 g/mol. The van der Waals surface area contributed by atoms with Crippen molar-refractivity contribution in [2.75, 3.05) is 37.5 Å². The van der Waals surface area contributed by atoms with Gasteiger partial charge in [0.2, 0.25) is 5.95 Å². The van der Waals surface area contributed by atoms with Crippen molar-refractivity contribution >= 4 is 29.0 Å². The molecular formula is C11H19N5S. The number of hydrogen-bond acceptors (Lipinski definition) is 5. The van der Waals surface area contributed by atoms with E-state index in [2.05, 4.69) is 9.97 Å². The Kier molecular flexibility index (Phi) is 4.62. The quantitative estimate of drug-likeness (QED) is 0.787.